The highest BCUT2D eigenvalue weighted by atomic mass is 32.2. The summed E-state index contributed by atoms with van der Waals surface area (Å²) < 4.78 is 22.7. The lowest BCUT2D eigenvalue weighted by Gasteiger charge is -2.37. The van der Waals surface area contributed by atoms with Crippen molar-refractivity contribution < 1.29 is 8.42 Å². The Bertz CT molecular complexity index is 345. The summed E-state index contributed by atoms with van der Waals surface area (Å²) in [6, 6.07) is 1.65. The van der Waals surface area contributed by atoms with Gasteiger partial charge in [0.1, 0.15) is 9.84 Å². The zero-order chi connectivity index (χ0) is 13.2. The van der Waals surface area contributed by atoms with Crippen LogP contribution in [-0.2, 0) is 9.84 Å². The van der Waals surface area contributed by atoms with E-state index in [9.17, 15) is 8.42 Å². The largest absolute Gasteiger partial charge is 0.311 e. The van der Waals surface area contributed by atoms with Crippen LogP contribution in [0, 0.1) is 0 Å². The van der Waals surface area contributed by atoms with Gasteiger partial charge in [-0.3, -0.25) is 0 Å². The second kappa shape index (κ2) is 5.88. The summed E-state index contributed by atoms with van der Waals surface area (Å²) in [5.74, 6) is 0.741. The second-order valence-electron chi connectivity index (χ2n) is 6.00. The van der Waals surface area contributed by atoms with E-state index >= 15 is 0 Å². The predicted octanol–water partition coefficient (Wildman–Crippen LogP) is 1.03. The van der Waals surface area contributed by atoms with Crippen molar-refractivity contribution in [1.82, 2.24) is 10.2 Å². The van der Waals surface area contributed by atoms with Crippen LogP contribution in [0.15, 0.2) is 0 Å². The number of piperidine rings is 1. The third kappa shape index (κ3) is 3.93. The van der Waals surface area contributed by atoms with Crippen LogP contribution in [0.3, 0.4) is 0 Å². The molecule has 0 atom stereocenters. The molecule has 18 heavy (non-hydrogen) atoms. The lowest BCUT2D eigenvalue weighted by atomic mass is 10.0. The number of rotatable bonds is 3. The molecule has 2 aliphatic heterocycles. The lowest BCUT2D eigenvalue weighted by molar-refractivity contribution is 0.155. The zero-order valence-electron chi connectivity index (χ0n) is 11.6. The van der Waals surface area contributed by atoms with Crippen LogP contribution in [-0.4, -0.2) is 56.0 Å². The molecule has 5 heteroatoms. The fourth-order valence-electron chi connectivity index (χ4n) is 2.97. The van der Waals surface area contributed by atoms with Gasteiger partial charge in [-0.2, -0.15) is 0 Å². The van der Waals surface area contributed by atoms with Gasteiger partial charge in [-0.15, -0.1) is 0 Å². The van der Waals surface area contributed by atoms with Crippen molar-refractivity contribution in [3.8, 4) is 0 Å². The molecule has 0 aromatic rings. The Balaban J connectivity index is 1.72. The summed E-state index contributed by atoms with van der Waals surface area (Å²) in [6.45, 7) is 6.83. The van der Waals surface area contributed by atoms with E-state index in [0.717, 1.165) is 12.8 Å². The average Bonchev–Trinajstić information content (AvgIpc) is 2.33. The molecule has 0 saturated carbocycles. The third-order valence-electron chi connectivity index (χ3n) is 4.29. The van der Waals surface area contributed by atoms with Crippen LogP contribution in [0.4, 0.5) is 0 Å². The molecule has 2 saturated heterocycles. The summed E-state index contributed by atoms with van der Waals surface area (Å²) in [5.41, 5.74) is 0. The van der Waals surface area contributed by atoms with Crippen molar-refractivity contribution in [3.05, 3.63) is 0 Å². The Morgan fingerprint density at radius 2 is 1.50 bits per heavy atom. The number of hydrogen-bond acceptors (Lipinski definition) is 4. The number of likely N-dealkylation sites (tertiary alicyclic amines) is 1. The average molecular weight is 274 g/mol. The fraction of sp³-hybridized carbons (Fsp3) is 1.00. The minimum atomic E-state index is -2.72. The van der Waals surface area contributed by atoms with Gasteiger partial charge >= 0.3 is 0 Å². The number of nitrogens with zero attached hydrogens (tertiary/aromatic N) is 1. The monoisotopic (exact) mass is 274 g/mol. The standard InChI is InChI=1S/C13H26N2O2S/c1-11(2)15-7-3-12(4-8-15)14-13-5-9-18(16,17)10-6-13/h11-14H,3-10H2,1-2H3. The molecular formula is C13H26N2O2S. The van der Waals surface area contributed by atoms with Gasteiger partial charge in [0.2, 0.25) is 0 Å². The lowest BCUT2D eigenvalue weighted by Crippen LogP contribution is -2.49. The molecule has 0 aliphatic carbocycles. The maximum atomic E-state index is 11.4. The zero-order valence-corrected chi connectivity index (χ0v) is 12.4. The first-order valence-electron chi connectivity index (χ1n) is 7.17. The smallest absolute Gasteiger partial charge is 0.150 e. The van der Waals surface area contributed by atoms with Crippen molar-refractivity contribution in [2.45, 2.75) is 57.7 Å². The summed E-state index contributed by atoms with van der Waals surface area (Å²) in [6.07, 6.45) is 3.99. The van der Waals surface area contributed by atoms with Crippen LogP contribution >= 0.6 is 0 Å². The molecule has 1 N–H and O–H groups in total. The summed E-state index contributed by atoms with van der Waals surface area (Å²) in [5, 5.41) is 3.66. The minimum Gasteiger partial charge on any atom is -0.311 e. The van der Waals surface area contributed by atoms with Gasteiger partial charge in [-0.25, -0.2) is 8.42 Å². The van der Waals surface area contributed by atoms with Crippen molar-refractivity contribution >= 4 is 9.84 Å². The van der Waals surface area contributed by atoms with E-state index in [-0.39, 0.29) is 0 Å². The molecule has 0 aromatic carbocycles. The van der Waals surface area contributed by atoms with Crippen LogP contribution in [0.2, 0.25) is 0 Å². The van der Waals surface area contributed by atoms with E-state index in [1.54, 1.807) is 0 Å². The summed E-state index contributed by atoms with van der Waals surface area (Å²) in [4.78, 5) is 2.52. The number of hydrogen-bond donors (Lipinski definition) is 1. The quantitative estimate of drug-likeness (QED) is 0.835. The van der Waals surface area contributed by atoms with Crippen molar-refractivity contribution in [2.75, 3.05) is 24.6 Å². The molecule has 0 amide bonds. The molecular weight excluding hydrogens is 248 g/mol. The third-order valence-corrected chi connectivity index (χ3v) is 6.00. The van der Waals surface area contributed by atoms with E-state index in [1.165, 1.54) is 25.9 Å². The Hall–Kier alpha value is -0.130. The minimum absolute atomic E-state index is 0.371. The van der Waals surface area contributed by atoms with E-state index < -0.39 is 9.84 Å². The molecule has 2 rings (SSSR count). The molecule has 2 heterocycles. The molecule has 106 valence electrons. The first kappa shape index (κ1) is 14.3. The van der Waals surface area contributed by atoms with Gasteiger partial charge < -0.3 is 10.2 Å². The molecule has 0 bridgehead atoms. The van der Waals surface area contributed by atoms with Crippen LogP contribution in [0.1, 0.15) is 39.5 Å². The van der Waals surface area contributed by atoms with Crippen LogP contribution in [0.5, 0.6) is 0 Å². The van der Waals surface area contributed by atoms with Crippen LogP contribution in [0.25, 0.3) is 0 Å². The highest BCUT2D eigenvalue weighted by molar-refractivity contribution is 7.91. The molecule has 0 aromatic heterocycles. The molecule has 4 nitrogen and oxygen atoms in total. The Morgan fingerprint density at radius 3 is 2.00 bits per heavy atom. The van der Waals surface area contributed by atoms with E-state index in [4.69, 9.17) is 0 Å². The topological polar surface area (TPSA) is 49.4 Å². The maximum absolute atomic E-state index is 11.4. The van der Waals surface area contributed by atoms with Gasteiger partial charge in [0, 0.05) is 18.1 Å². The number of sulfone groups is 1. The van der Waals surface area contributed by atoms with Crippen LogP contribution < -0.4 is 5.32 Å². The van der Waals surface area contributed by atoms with E-state index in [0.29, 0.717) is 29.6 Å². The van der Waals surface area contributed by atoms with Gasteiger partial charge in [0.15, 0.2) is 0 Å². The Labute approximate surface area is 111 Å². The molecule has 0 radical (unpaired) electrons. The highest BCUT2D eigenvalue weighted by Crippen LogP contribution is 2.17. The SMILES string of the molecule is CC(C)N1CCC(NC2CCS(=O)(=O)CC2)CC1. The first-order chi connectivity index (χ1) is 8.46. The Morgan fingerprint density at radius 1 is 1.00 bits per heavy atom. The summed E-state index contributed by atoms with van der Waals surface area (Å²) >= 11 is 0. The summed E-state index contributed by atoms with van der Waals surface area (Å²) in [7, 11) is -2.72. The van der Waals surface area contributed by atoms with Crippen molar-refractivity contribution in [3.63, 3.8) is 0 Å². The molecule has 2 fully saturated rings. The van der Waals surface area contributed by atoms with E-state index in [2.05, 4.69) is 24.1 Å². The Kier molecular flexibility index (Phi) is 4.67. The van der Waals surface area contributed by atoms with E-state index in [1.807, 2.05) is 0 Å². The van der Waals surface area contributed by atoms with Gasteiger partial charge in [-0.05, 0) is 52.6 Å². The normalized spacial score (nSPS) is 27.7. The second-order valence-corrected chi connectivity index (χ2v) is 8.30. The number of nitrogens with one attached hydrogen (secondary N) is 1. The van der Waals surface area contributed by atoms with Crippen molar-refractivity contribution in [2.24, 2.45) is 0 Å². The maximum Gasteiger partial charge on any atom is 0.150 e. The molecule has 2 aliphatic rings. The molecule has 0 unspecified atom stereocenters. The van der Waals surface area contributed by atoms with Gasteiger partial charge in [-0.1, -0.05) is 0 Å². The highest BCUT2D eigenvalue weighted by Gasteiger charge is 2.27. The first-order valence-corrected chi connectivity index (χ1v) is 8.99. The van der Waals surface area contributed by atoms with Gasteiger partial charge in [0.05, 0.1) is 11.5 Å². The predicted molar refractivity (Wildman–Crippen MR) is 74.5 cm³/mol. The molecule has 0 spiro atoms. The van der Waals surface area contributed by atoms with Crippen molar-refractivity contribution in [1.29, 1.82) is 0 Å². The van der Waals surface area contributed by atoms with Gasteiger partial charge in [0.25, 0.3) is 0 Å². The fourth-order valence-corrected chi connectivity index (χ4v) is 4.46.